The van der Waals surface area contributed by atoms with E-state index in [-0.39, 0.29) is 30.9 Å². The topological polar surface area (TPSA) is 88.7 Å². The molecule has 0 unspecified atom stereocenters. The Morgan fingerprint density at radius 1 is 0.976 bits per heavy atom. The summed E-state index contributed by atoms with van der Waals surface area (Å²) in [7, 11) is 3.70. The van der Waals surface area contributed by atoms with Crippen LogP contribution in [0.2, 0.25) is 0 Å². The summed E-state index contributed by atoms with van der Waals surface area (Å²) in [6, 6.07) is 24.4. The van der Waals surface area contributed by atoms with E-state index in [1.165, 1.54) is 5.01 Å². The van der Waals surface area contributed by atoms with Crippen LogP contribution in [0.4, 0.5) is 10.5 Å². The van der Waals surface area contributed by atoms with Crippen LogP contribution >= 0.6 is 0 Å². The lowest BCUT2D eigenvalue weighted by Crippen LogP contribution is -2.65. The molecule has 6 rings (SSSR count). The minimum Gasteiger partial charge on any atom is -0.490 e. The molecule has 10 nitrogen and oxygen atoms in total. The van der Waals surface area contributed by atoms with Crippen LogP contribution in [0.3, 0.4) is 0 Å². The number of rotatable bonds is 7. The van der Waals surface area contributed by atoms with E-state index in [1.807, 2.05) is 90.8 Å². The molecular weight excluding hydrogens is 532 g/mol. The number of ether oxygens (including phenoxy) is 1. The number of nitrogens with one attached hydrogen (secondary N) is 1. The zero-order chi connectivity index (χ0) is 29.2. The zero-order valence-electron chi connectivity index (χ0n) is 24.0. The zero-order valence-corrected chi connectivity index (χ0v) is 24.0. The standard InChI is InChI=1S/C32H36N6O4/c1-34-16-17-42-27-15-9-14-25(30(27)34)20-36-21-28-37(35(2)32(41)33-19-24-12-7-4-8-13-24)22-29(39)38(28)26(31(36)40)18-23-10-5-3-6-11-23/h3-15,26,28H,16-22H2,1-2H3,(H,33,41)/t26-,28+/m0/s1. The molecule has 2 atom stereocenters. The third-order valence-corrected chi connectivity index (χ3v) is 8.31. The summed E-state index contributed by atoms with van der Waals surface area (Å²) in [5, 5.41) is 6.20. The van der Waals surface area contributed by atoms with Crippen molar-refractivity contribution in [3.05, 3.63) is 95.6 Å². The van der Waals surface area contributed by atoms with Crippen LogP contribution in [-0.2, 0) is 29.1 Å². The smallest absolute Gasteiger partial charge is 0.332 e. The first-order chi connectivity index (χ1) is 20.4. The minimum atomic E-state index is -0.682. The van der Waals surface area contributed by atoms with Gasteiger partial charge < -0.3 is 24.8 Å². The maximum atomic E-state index is 14.1. The number of hydrogen-bond donors (Lipinski definition) is 1. The Kier molecular flexibility index (Phi) is 7.71. The third-order valence-electron chi connectivity index (χ3n) is 8.31. The molecule has 218 valence electrons. The molecule has 3 aliphatic heterocycles. The number of piperazine rings is 1. The maximum Gasteiger partial charge on any atom is 0.332 e. The largest absolute Gasteiger partial charge is 0.490 e. The number of para-hydroxylation sites is 1. The molecule has 2 saturated heterocycles. The van der Waals surface area contributed by atoms with Crippen molar-refractivity contribution in [1.29, 1.82) is 0 Å². The lowest BCUT2D eigenvalue weighted by molar-refractivity contribution is -0.157. The highest BCUT2D eigenvalue weighted by Crippen LogP contribution is 2.36. The predicted molar refractivity (Wildman–Crippen MR) is 158 cm³/mol. The number of nitrogens with zero attached hydrogens (tertiary/aromatic N) is 5. The van der Waals surface area contributed by atoms with Gasteiger partial charge in [-0.1, -0.05) is 72.8 Å². The van der Waals surface area contributed by atoms with Crippen LogP contribution < -0.4 is 15.0 Å². The first-order valence-corrected chi connectivity index (χ1v) is 14.3. The van der Waals surface area contributed by atoms with Gasteiger partial charge in [0.05, 0.1) is 25.3 Å². The fourth-order valence-electron chi connectivity index (χ4n) is 6.15. The molecule has 3 aliphatic rings. The summed E-state index contributed by atoms with van der Waals surface area (Å²) in [6.45, 7) is 2.41. The Labute approximate surface area is 246 Å². The molecule has 0 aliphatic carbocycles. The van der Waals surface area contributed by atoms with Gasteiger partial charge in [-0.2, -0.15) is 5.01 Å². The summed E-state index contributed by atoms with van der Waals surface area (Å²) >= 11 is 0. The number of amides is 4. The fraction of sp³-hybridized carbons (Fsp3) is 0.344. The molecule has 0 spiro atoms. The lowest BCUT2D eigenvalue weighted by Gasteiger charge is -2.46. The lowest BCUT2D eigenvalue weighted by atomic mass is 9.99. The molecule has 3 aromatic rings. The monoisotopic (exact) mass is 568 g/mol. The van der Waals surface area contributed by atoms with Crippen molar-refractivity contribution in [1.82, 2.24) is 25.1 Å². The number of benzene rings is 3. The Morgan fingerprint density at radius 3 is 2.43 bits per heavy atom. The van der Waals surface area contributed by atoms with E-state index in [2.05, 4.69) is 10.2 Å². The number of fused-ring (bicyclic) bond motifs is 2. The van der Waals surface area contributed by atoms with E-state index in [1.54, 1.807) is 17.0 Å². The van der Waals surface area contributed by atoms with Gasteiger partial charge in [-0.15, -0.1) is 0 Å². The van der Waals surface area contributed by atoms with Crippen LogP contribution in [0.5, 0.6) is 5.75 Å². The maximum absolute atomic E-state index is 14.1. The molecular formula is C32H36N6O4. The molecule has 2 fully saturated rings. The number of carbonyl (C=O) groups excluding carboxylic acids is 3. The third kappa shape index (κ3) is 5.37. The molecule has 1 N–H and O–H groups in total. The van der Waals surface area contributed by atoms with Gasteiger partial charge in [0, 0.05) is 33.6 Å². The average molecular weight is 569 g/mol. The molecule has 0 bridgehead atoms. The fourth-order valence-corrected chi connectivity index (χ4v) is 6.15. The van der Waals surface area contributed by atoms with E-state index in [0.717, 1.165) is 34.7 Å². The van der Waals surface area contributed by atoms with E-state index >= 15 is 0 Å². The number of carbonyl (C=O) groups is 3. The summed E-state index contributed by atoms with van der Waals surface area (Å²) in [5.41, 5.74) is 3.92. The summed E-state index contributed by atoms with van der Waals surface area (Å²) in [4.78, 5) is 46.5. The van der Waals surface area contributed by atoms with Crippen LogP contribution in [0.15, 0.2) is 78.9 Å². The van der Waals surface area contributed by atoms with Gasteiger partial charge in [0.2, 0.25) is 11.8 Å². The van der Waals surface area contributed by atoms with Crippen LogP contribution in [-0.4, -0.2) is 90.2 Å². The Bertz CT molecular complexity index is 1450. The second-order valence-electron chi connectivity index (χ2n) is 11.0. The van der Waals surface area contributed by atoms with Gasteiger partial charge in [0.1, 0.15) is 24.6 Å². The van der Waals surface area contributed by atoms with Crippen LogP contribution in [0.1, 0.15) is 16.7 Å². The number of anilines is 1. The normalized spacial score (nSPS) is 20.2. The molecule has 4 amide bonds. The summed E-state index contributed by atoms with van der Waals surface area (Å²) in [5.74, 6) is 0.543. The van der Waals surface area contributed by atoms with Crippen molar-refractivity contribution < 1.29 is 19.1 Å². The highest BCUT2D eigenvalue weighted by atomic mass is 16.5. The van der Waals surface area contributed by atoms with E-state index in [0.29, 0.717) is 26.1 Å². The number of hydrazine groups is 1. The molecule has 0 radical (unpaired) electrons. The van der Waals surface area contributed by atoms with E-state index < -0.39 is 12.2 Å². The van der Waals surface area contributed by atoms with Gasteiger partial charge in [-0.25, -0.2) is 4.79 Å². The summed E-state index contributed by atoms with van der Waals surface area (Å²) < 4.78 is 5.91. The van der Waals surface area contributed by atoms with Gasteiger partial charge in [0.15, 0.2) is 0 Å². The number of hydrogen-bond acceptors (Lipinski definition) is 6. The first-order valence-electron chi connectivity index (χ1n) is 14.3. The molecule has 10 heteroatoms. The van der Waals surface area contributed by atoms with Crippen molar-refractivity contribution in [2.24, 2.45) is 0 Å². The molecule has 0 aromatic heterocycles. The van der Waals surface area contributed by atoms with Crippen molar-refractivity contribution >= 4 is 23.5 Å². The molecule has 42 heavy (non-hydrogen) atoms. The molecule has 3 aromatic carbocycles. The van der Waals surface area contributed by atoms with Crippen molar-refractivity contribution in [2.45, 2.75) is 31.7 Å². The van der Waals surface area contributed by atoms with Crippen LogP contribution in [0, 0.1) is 0 Å². The van der Waals surface area contributed by atoms with Crippen molar-refractivity contribution in [3.8, 4) is 5.75 Å². The summed E-state index contributed by atoms with van der Waals surface area (Å²) in [6.07, 6.45) is -0.0866. The van der Waals surface area contributed by atoms with Crippen molar-refractivity contribution in [2.75, 3.05) is 45.2 Å². The van der Waals surface area contributed by atoms with Gasteiger partial charge in [0.25, 0.3) is 0 Å². The molecule has 0 saturated carbocycles. The number of urea groups is 1. The van der Waals surface area contributed by atoms with Gasteiger partial charge in [-0.3, -0.25) is 14.6 Å². The molecule has 3 heterocycles. The SMILES string of the molecule is CN1CCOc2cccc(CN3C[C@H]4N(C(=O)CN4N(C)C(=O)NCc4ccccc4)[C@@H](Cc4ccccc4)C3=O)c21. The van der Waals surface area contributed by atoms with E-state index in [9.17, 15) is 14.4 Å². The van der Waals surface area contributed by atoms with Crippen LogP contribution in [0.25, 0.3) is 0 Å². The second-order valence-corrected chi connectivity index (χ2v) is 11.0. The quantitative estimate of drug-likeness (QED) is 0.472. The Morgan fingerprint density at radius 2 is 1.69 bits per heavy atom. The van der Waals surface area contributed by atoms with Crippen molar-refractivity contribution in [3.63, 3.8) is 0 Å². The second kappa shape index (κ2) is 11.7. The van der Waals surface area contributed by atoms with Gasteiger partial charge in [-0.05, 0) is 22.8 Å². The highest BCUT2D eigenvalue weighted by molar-refractivity contribution is 5.92. The first kappa shape index (κ1) is 27.6. The number of likely N-dealkylation sites (N-methyl/N-ethyl adjacent to an activating group) is 1. The Hall–Kier alpha value is -4.57. The predicted octanol–water partition coefficient (Wildman–Crippen LogP) is 2.70. The average Bonchev–Trinajstić information content (AvgIpc) is 3.34. The Balaban J connectivity index is 1.28. The highest BCUT2D eigenvalue weighted by Gasteiger charge is 2.51. The van der Waals surface area contributed by atoms with Gasteiger partial charge >= 0.3 is 6.03 Å². The van der Waals surface area contributed by atoms with E-state index in [4.69, 9.17) is 4.74 Å². The minimum absolute atomic E-state index is 0.0175.